The maximum Gasteiger partial charge on any atom is 0.240 e. The number of carbonyl (C=O) groups is 1. The first-order valence-electron chi connectivity index (χ1n) is 7.61. The Kier molecular flexibility index (Phi) is 4.16. The molecule has 0 spiro atoms. The van der Waals surface area contributed by atoms with Gasteiger partial charge in [-0.05, 0) is 49.0 Å². The maximum absolute atomic E-state index is 12.6. The third-order valence-corrected chi connectivity index (χ3v) is 6.48. The number of piperidine rings is 1. The molecule has 1 aromatic carbocycles. The lowest BCUT2D eigenvalue weighted by Crippen LogP contribution is -2.32. The van der Waals surface area contributed by atoms with E-state index in [2.05, 4.69) is 10.0 Å². The Hall–Kier alpha value is -1.15. The molecule has 2 N–H and O–H groups in total. The minimum absolute atomic E-state index is 0. The quantitative estimate of drug-likeness (QED) is 0.826. The number of fused-ring (bicyclic) bond motifs is 2. The molecule has 0 aromatic heterocycles. The molecule has 1 amide bonds. The summed E-state index contributed by atoms with van der Waals surface area (Å²) in [6.07, 6.45) is 0.779. The van der Waals surface area contributed by atoms with Gasteiger partial charge < -0.3 is 10.2 Å². The van der Waals surface area contributed by atoms with E-state index in [4.69, 9.17) is 0 Å². The van der Waals surface area contributed by atoms with Crippen molar-refractivity contribution in [2.75, 3.05) is 24.5 Å². The van der Waals surface area contributed by atoms with Gasteiger partial charge in [0, 0.05) is 25.2 Å². The molecule has 0 bridgehead atoms. The fourth-order valence-corrected chi connectivity index (χ4v) is 5.05. The van der Waals surface area contributed by atoms with Gasteiger partial charge in [0.25, 0.3) is 0 Å². The third kappa shape index (κ3) is 2.76. The van der Waals surface area contributed by atoms with E-state index in [0.717, 1.165) is 30.8 Å². The summed E-state index contributed by atoms with van der Waals surface area (Å²) in [5.41, 5.74) is 1.76. The molecule has 1 saturated carbocycles. The molecule has 2 fully saturated rings. The first-order valence-corrected chi connectivity index (χ1v) is 9.10. The summed E-state index contributed by atoms with van der Waals surface area (Å²) >= 11 is 0. The van der Waals surface area contributed by atoms with Gasteiger partial charge in [0.05, 0.1) is 4.90 Å². The van der Waals surface area contributed by atoms with Crippen LogP contribution in [-0.4, -0.2) is 40.0 Å². The Bertz CT molecular complexity index is 742. The molecule has 2 aliphatic heterocycles. The van der Waals surface area contributed by atoms with E-state index < -0.39 is 10.0 Å². The molecule has 1 aliphatic carbocycles. The topological polar surface area (TPSA) is 78.5 Å². The van der Waals surface area contributed by atoms with Crippen molar-refractivity contribution in [2.45, 2.75) is 24.3 Å². The number of hydrogen-bond donors (Lipinski definition) is 2. The molecule has 126 valence electrons. The molecule has 1 saturated heterocycles. The molecule has 2 heterocycles. The number of amides is 1. The zero-order chi connectivity index (χ0) is 15.5. The van der Waals surface area contributed by atoms with Gasteiger partial charge in [-0.1, -0.05) is 6.07 Å². The van der Waals surface area contributed by atoms with Gasteiger partial charge in [0.1, 0.15) is 0 Å². The van der Waals surface area contributed by atoms with Gasteiger partial charge in [0.15, 0.2) is 0 Å². The van der Waals surface area contributed by atoms with E-state index in [0.29, 0.717) is 18.4 Å². The van der Waals surface area contributed by atoms with Gasteiger partial charge in [0.2, 0.25) is 15.9 Å². The number of nitrogens with one attached hydrogen (secondary N) is 2. The van der Waals surface area contributed by atoms with Crippen molar-refractivity contribution in [3.63, 3.8) is 0 Å². The Morgan fingerprint density at radius 3 is 2.65 bits per heavy atom. The SMILES string of the molecule is CC(=O)N1CCc2ccc(S(=O)(=O)NC3C4CNCC43)cc21.Cl. The Morgan fingerprint density at radius 1 is 1.30 bits per heavy atom. The van der Waals surface area contributed by atoms with Crippen molar-refractivity contribution in [1.82, 2.24) is 10.0 Å². The number of halogens is 1. The summed E-state index contributed by atoms with van der Waals surface area (Å²) in [6, 6.07) is 5.15. The van der Waals surface area contributed by atoms with Crippen LogP contribution >= 0.6 is 12.4 Å². The van der Waals surface area contributed by atoms with Crippen LogP contribution in [0.3, 0.4) is 0 Å². The smallest absolute Gasteiger partial charge is 0.240 e. The van der Waals surface area contributed by atoms with Crippen molar-refractivity contribution in [3.05, 3.63) is 23.8 Å². The van der Waals surface area contributed by atoms with Crippen molar-refractivity contribution >= 4 is 34.0 Å². The van der Waals surface area contributed by atoms with Crippen LogP contribution in [-0.2, 0) is 21.2 Å². The monoisotopic (exact) mass is 357 g/mol. The molecule has 23 heavy (non-hydrogen) atoms. The first kappa shape index (κ1) is 16.7. The van der Waals surface area contributed by atoms with Crippen LogP contribution in [0, 0.1) is 11.8 Å². The molecule has 3 aliphatic rings. The van der Waals surface area contributed by atoms with E-state index in [9.17, 15) is 13.2 Å². The highest BCUT2D eigenvalue weighted by Gasteiger charge is 2.54. The second-order valence-corrected chi connectivity index (χ2v) is 8.06. The van der Waals surface area contributed by atoms with E-state index in [-0.39, 0.29) is 29.3 Å². The van der Waals surface area contributed by atoms with Gasteiger partial charge in [-0.2, -0.15) is 0 Å². The molecule has 2 unspecified atom stereocenters. The molecular weight excluding hydrogens is 338 g/mol. The number of hydrogen-bond acceptors (Lipinski definition) is 4. The van der Waals surface area contributed by atoms with Crippen molar-refractivity contribution in [1.29, 1.82) is 0 Å². The van der Waals surface area contributed by atoms with Crippen molar-refractivity contribution in [2.24, 2.45) is 11.8 Å². The summed E-state index contributed by atoms with van der Waals surface area (Å²) in [6.45, 7) is 3.91. The fourth-order valence-electron chi connectivity index (χ4n) is 3.69. The molecular formula is C15H20ClN3O3S. The number of carbonyl (C=O) groups excluding carboxylic acids is 1. The van der Waals surface area contributed by atoms with Crippen LogP contribution in [0.4, 0.5) is 5.69 Å². The van der Waals surface area contributed by atoms with Crippen LogP contribution in [0.25, 0.3) is 0 Å². The molecule has 0 radical (unpaired) electrons. The average Bonchev–Trinajstić information content (AvgIpc) is 2.90. The summed E-state index contributed by atoms with van der Waals surface area (Å²) < 4.78 is 27.9. The van der Waals surface area contributed by atoms with E-state index in [1.165, 1.54) is 6.92 Å². The predicted molar refractivity (Wildman–Crippen MR) is 89.4 cm³/mol. The van der Waals surface area contributed by atoms with Crippen molar-refractivity contribution < 1.29 is 13.2 Å². The van der Waals surface area contributed by atoms with Crippen LogP contribution < -0.4 is 14.9 Å². The summed E-state index contributed by atoms with van der Waals surface area (Å²) in [5, 5.41) is 3.25. The highest BCUT2D eigenvalue weighted by atomic mass is 35.5. The van der Waals surface area contributed by atoms with E-state index in [1.54, 1.807) is 17.0 Å². The van der Waals surface area contributed by atoms with Crippen LogP contribution in [0.15, 0.2) is 23.1 Å². The maximum atomic E-state index is 12.6. The minimum Gasteiger partial charge on any atom is -0.316 e. The lowest BCUT2D eigenvalue weighted by molar-refractivity contribution is -0.116. The van der Waals surface area contributed by atoms with Gasteiger partial charge >= 0.3 is 0 Å². The van der Waals surface area contributed by atoms with Gasteiger partial charge in [-0.15, -0.1) is 12.4 Å². The number of nitrogens with zero attached hydrogens (tertiary/aromatic N) is 1. The fraction of sp³-hybridized carbons (Fsp3) is 0.533. The Morgan fingerprint density at radius 2 is 2.00 bits per heavy atom. The lowest BCUT2D eigenvalue weighted by Gasteiger charge is -2.16. The Labute approximate surface area is 142 Å². The second-order valence-electron chi connectivity index (χ2n) is 6.34. The van der Waals surface area contributed by atoms with E-state index in [1.807, 2.05) is 6.07 Å². The third-order valence-electron chi connectivity index (χ3n) is 5.03. The highest BCUT2D eigenvalue weighted by molar-refractivity contribution is 7.89. The zero-order valence-electron chi connectivity index (χ0n) is 12.8. The standard InChI is InChI=1S/C15H19N3O3S.ClH/c1-9(19)18-5-4-10-2-3-11(6-14(10)18)22(20,21)17-15-12-7-16-8-13(12)15;/h2-3,6,12-13,15-17H,4-5,7-8H2,1H3;1H. The average molecular weight is 358 g/mol. The number of anilines is 1. The molecule has 2 atom stereocenters. The summed E-state index contributed by atoms with van der Waals surface area (Å²) in [5.74, 6) is 0.805. The van der Waals surface area contributed by atoms with Crippen LogP contribution in [0.1, 0.15) is 12.5 Å². The van der Waals surface area contributed by atoms with Crippen LogP contribution in [0.5, 0.6) is 0 Å². The summed E-state index contributed by atoms with van der Waals surface area (Å²) in [4.78, 5) is 13.5. The van der Waals surface area contributed by atoms with Crippen LogP contribution in [0.2, 0.25) is 0 Å². The van der Waals surface area contributed by atoms with Gasteiger partial charge in [-0.25, -0.2) is 13.1 Å². The predicted octanol–water partition coefficient (Wildman–Crippen LogP) is 0.514. The van der Waals surface area contributed by atoms with Crippen molar-refractivity contribution in [3.8, 4) is 0 Å². The molecule has 6 nitrogen and oxygen atoms in total. The zero-order valence-corrected chi connectivity index (χ0v) is 14.4. The first-order chi connectivity index (χ1) is 10.5. The molecule has 1 aromatic rings. The molecule has 8 heteroatoms. The largest absolute Gasteiger partial charge is 0.316 e. The minimum atomic E-state index is -3.53. The number of sulfonamides is 1. The summed E-state index contributed by atoms with van der Waals surface area (Å²) in [7, 11) is -3.53. The second kappa shape index (κ2) is 5.73. The number of rotatable bonds is 3. The number of benzene rings is 1. The van der Waals surface area contributed by atoms with Gasteiger partial charge in [-0.3, -0.25) is 4.79 Å². The highest BCUT2D eigenvalue weighted by Crippen LogP contribution is 2.42. The normalized spacial score (nSPS) is 28.0. The molecule has 4 rings (SSSR count). The van der Waals surface area contributed by atoms with E-state index >= 15 is 0 Å². The Balaban J connectivity index is 0.00000156. The lowest BCUT2D eigenvalue weighted by atomic mass is 10.2.